The Labute approximate surface area is 188 Å². The Morgan fingerprint density at radius 3 is 2.28 bits per heavy atom. The summed E-state index contributed by atoms with van der Waals surface area (Å²) in [5.74, 6) is -2.26. The SMILES string of the molecule is O=C(O)c1cc(-c2ccc(NCc3cc(F)cc(F)c3)cc2)cn1Cc1ccccc1Cl. The van der Waals surface area contributed by atoms with Crippen molar-refractivity contribution in [3.05, 3.63) is 112 Å². The van der Waals surface area contributed by atoms with Crippen molar-refractivity contribution in [2.24, 2.45) is 0 Å². The van der Waals surface area contributed by atoms with Crippen molar-refractivity contribution in [2.75, 3.05) is 5.32 Å². The molecule has 2 N–H and O–H groups in total. The van der Waals surface area contributed by atoms with E-state index >= 15 is 0 Å². The number of nitrogens with one attached hydrogen (secondary N) is 1. The van der Waals surface area contributed by atoms with Crippen molar-refractivity contribution in [2.45, 2.75) is 13.1 Å². The number of benzene rings is 3. The van der Waals surface area contributed by atoms with Gasteiger partial charge in [0.25, 0.3) is 0 Å². The molecule has 0 saturated carbocycles. The fourth-order valence-electron chi connectivity index (χ4n) is 3.49. The van der Waals surface area contributed by atoms with E-state index in [1.54, 1.807) is 22.9 Å². The summed E-state index contributed by atoms with van der Waals surface area (Å²) in [5.41, 5.74) is 3.85. The maximum absolute atomic E-state index is 13.3. The number of hydrogen-bond donors (Lipinski definition) is 2. The number of anilines is 1. The Balaban J connectivity index is 1.52. The first-order valence-electron chi connectivity index (χ1n) is 9.85. The number of carbonyl (C=O) groups is 1. The van der Waals surface area contributed by atoms with Crippen LogP contribution in [0.3, 0.4) is 0 Å². The summed E-state index contributed by atoms with van der Waals surface area (Å²) in [4.78, 5) is 11.7. The van der Waals surface area contributed by atoms with Gasteiger partial charge < -0.3 is 15.0 Å². The van der Waals surface area contributed by atoms with Gasteiger partial charge in [0.05, 0.1) is 0 Å². The van der Waals surface area contributed by atoms with E-state index in [1.165, 1.54) is 12.1 Å². The minimum atomic E-state index is -1.02. The average Bonchev–Trinajstić information content (AvgIpc) is 3.18. The molecule has 32 heavy (non-hydrogen) atoms. The first kappa shape index (κ1) is 21.6. The molecule has 0 unspecified atom stereocenters. The third-order valence-electron chi connectivity index (χ3n) is 5.05. The number of aromatic nitrogens is 1. The van der Waals surface area contributed by atoms with Crippen molar-refractivity contribution in [1.29, 1.82) is 0 Å². The van der Waals surface area contributed by atoms with E-state index in [0.717, 1.165) is 28.4 Å². The fourth-order valence-corrected chi connectivity index (χ4v) is 3.68. The van der Waals surface area contributed by atoms with Crippen LogP contribution in [-0.2, 0) is 13.1 Å². The molecule has 0 amide bonds. The van der Waals surface area contributed by atoms with Gasteiger partial charge in [-0.1, -0.05) is 41.9 Å². The third-order valence-corrected chi connectivity index (χ3v) is 5.42. The molecule has 3 aromatic carbocycles. The highest BCUT2D eigenvalue weighted by Crippen LogP contribution is 2.26. The van der Waals surface area contributed by atoms with Gasteiger partial charge in [-0.15, -0.1) is 0 Å². The Hall–Kier alpha value is -3.64. The Morgan fingerprint density at radius 1 is 0.938 bits per heavy atom. The highest BCUT2D eigenvalue weighted by Gasteiger charge is 2.15. The molecule has 0 aliphatic carbocycles. The monoisotopic (exact) mass is 452 g/mol. The van der Waals surface area contributed by atoms with E-state index in [4.69, 9.17) is 11.6 Å². The maximum Gasteiger partial charge on any atom is 0.352 e. The van der Waals surface area contributed by atoms with Gasteiger partial charge in [-0.2, -0.15) is 0 Å². The van der Waals surface area contributed by atoms with E-state index in [0.29, 0.717) is 17.1 Å². The Bertz CT molecular complexity index is 1250. The molecule has 0 radical (unpaired) electrons. The molecule has 7 heteroatoms. The summed E-state index contributed by atoms with van der Waals surface area (Å²) in [6, 6.07) is 19.7. The zero-order valence-electron chi connectivity index (χ0n) is 16.9. The molecule has 1 aromatic heterocycles. The number of nitrogens with zero attached hydrogens (tertiary/aromatic N) is 1. The van der Waals surface area contributed by atoms with E-state index in [-0.39, 0.29) is 12.2 Å². The third kappa shape index (κ3) is 4.98. The van der Waals surface area contributed by atoms with E-state index in [9.17, 15) is 18.7 Å². The number of halogens is 3. The van der Waals surface area contributed by atoms with Crippen LogP contribution in [0.4, 0.5) is 14.5 Å². The van der Waals surface area contributed by atoms with Crippen LogP contribution in [0.5, 0.6) is 0 Å². The van der Waals surface area contributed by atoms with Crippen LogP contribution in [0, 0.1) is 11.6 Å². The summed E-state index contributed by atoms with van der Waals surface area (Å²) in [5, 5.41) is 13.3. The van der Waals surface area contributed by atoms with Gasteiger partial charge in [-0.05, 0) is 53.1 Å². The summed E-state index contributed by atoms with van der Waals surface area (Å²) in [6.45, 7) is 0.608. The molecule has 0 aliphatic heterocycles. The smallest absolute Gasteiger partial charge is 0.352 e. The fraction of sp³-hybridized carbons (Fsp3) is 0.0800. The van der Waals surface area contributed by atoms with E-state index in [2.05, 4.69) is 5.32 Å². The van der Waals surface area contributed by atoms with E-state index < -0.39 is 17.6 Å². The zero-order valence-corrected chi connectivity index (χ0v) is 17.6. The molecule has 0 atom stereocenters. The van der Waals surface area contributed by atoms with Crippen LogP contribution < -0.4 is 5.32 Å². The summed E-state index contributed by atoms with van der Waals surface area (Å²) >= 11 is 6.23. The molecule has 0 saturated heterocycles. The van der Waals surface area contributed by atoms with Crippen LogP contribution in [0.1, 0.15) is 21.6 Å². The normalized spacial score (nSPS) is 10.8. The largest absolute Gasteiger partial charge is 0.477 e. The standard InChI is InChI=1S/C25H19ClF2N2O2/c26-23-4-2-1-3-18(23)14-30-15-19(11-24(30)25(31)32)17-5-7-22(8-6-17)29-13-16-9-20(27)12-21(28)10-16/h1-12,15,29H,13-14H2,(H,31,32). The Kier molecular flexibility index (Phi) is 6.23. The minimum absolute atomic E-state index is 0.162. The number of carboxylic acid groups (broad SMARTS) is 1. The van der Waals surface area contributed by atoms with Crippen LogP contribution in [0.2, 0.25) is 5.02 Å². The second-order valence-corrected chi connectivity index (χ2v) is 7.75. The highest BCUT2D eigenvalue weighted by atomic mass is 35.5. The lowest BCUT2D eigenvalue weighted by Gasteiger charge is -2.08. The first-order valence-corrected chi connectivity index (χ1v) is 10.2. The van der Waals surface area contributed by atoms with Gasteiger partial charge in [-0.3, -0.25) is 0 Å². The van der Waals surface area contributed by atoms with Crippen LogP contribution in [-0.4, -0.2) is 15.6 Å². The molecule has 162 valence electrons. The predicted octanol–water partition coefficient (Wildman–Crippen LogP) is 6.45. The molecular formula is C25H19ClF2N2O2. The molecule has 0 fully saturated rings. The van der Waals surface area contributed by atoms with Crippen molar-refractivity contribution in [3.63, 3.8) is 0 Å². The quantitative estimate of drug-likeness (QED) is 0.339. The lowest BCUT2D eigenvalue weighted by Crippen LogP contribution is -2.08. The molecule has 4 rings (SSSR count). The number of carboxylic acids is 1. The number of hydrogen-bond acceptors (Lipinski definition) is 2. The van der Waals surface area contributed by atoms with Crippen LogP contribution in [0.25, 0.3) is 11.1 Å². The van der Waals surface area contributed by atoms with Gasteiger partial charge in [0, 0.05) is 41.6 Å². The van der Waals surface area contributed by atoms with Gasteiger partial charge in [-0.25, -0.2) is 13.6 Å². The molecular weight excluding hydrogens is 434 g/mol. The van der Waals surface area contributed by atoms with Crippen LogP contribution >= 0.6 is 11.6 Å². The van der Waals surface area contributed by atoms with Gasteiger partial charge in [0.15, 0.2) is 0 Å². The number of rotatable bonds is 7. The second kappa shape index (κ2) is 9.24. The minimum Gasteiger partial charge on any atom is -0.477 e. The van der Waals surface area contributed by atoms with Crippen molar-refractivity contribution < 1.29 is 18.7 Å². The maximum atomic E-state index is 13.3. The lowest BCUT2D eigenvalue weighted by atomic mass is 10.1. The Morgan fingerprint density at radius 2 is 1.62 bits per heavy atom. The molecule has 1 heterocycles. The molecule has 4 nitrogen and oxygen atoms in total. The molecule has 0 spiro atoms. The predicted molar refractivity (Wildman–Crippen MR) is 121 cm³/mol. The van der Waals surface area contributed by atoms with Gasteiger partial charge in [0.2, 0.25) is 0 Å². The molecule has 0 bridgehead atoms. The average molecular weight is 453 g/mol. The van der Waals surface area contributed by atoms with Crippen molar-refractivity contribution >= 4 is 23.3 Å². The van der Waals surface area contributed by atoms with Gasteiger partial charge >= 0.3 is 5.97 Å². The second-order valence-electron chi connectivity index (χ2n) is 7.35. The summed E-state index contributed by atoms with van der Waals surface area (Å²) < 4.78 is 28.3. The van der Waals surface area contributed by atoms with Crippen molar-refractivity contribution in [1.82, 2.24) is 4.57 Å². The molecule has 0 aliphatic rings. The zero-order chi connectivity index (χ0) is 22.7. The van der Waals surface area contributed by atoms with Crippen LogP contribution in [0.15, 0.2) is 79.0 Å². The van der Waals surface area contributed by atoms with E-state index in [1.807, 2.05) is 42.5 Å². The topological polar surface area (TPSA) is 54.3 Å². The number of aromatic carboxylic acids is 1. The summed E-state index contributed by atoms with van der Waals surface area (Å²) in [6.07, 6.45) is 1.78. The molecule has 4 aromatic rings. The van der Waals surface area contributed by atoms with Gasteiger partial charge in [0.1, 0.15) is 17.3 Å². The lowest BCUT2D eigenvalue weighted by molar-refractivity contribution is 0.0685. The van der Waals surface area contributed by atoms with Crippen molar-refractivity contribution in [3.8, 4) is 11.1 Å². The first-order chi connectivity index (χ1) is 15.4. The summed E-state index contributed by atoms with van der Waals surface area (Å²) in [7, 11) is 0. The highest BCUT2D eigenvalue weighted by molar-refractivity contribution is 6.31.